The van der Waals surface area contributed by atoms with Gasteiger partial charge in [0.1, 0.15) is 0 Å². The second-order valence-electron chi connectivity index (χ2n) is 3.41. The van der Waals surface area contributed by atoms with Gasteiger partial charge in [-0.3, -0.25) is 4.98 Å². The van der Waals surface area contributed by atoms with Gasteiger partial charge in [0.25, 0.3) is 0 Å². The Balaban J connectivity index is 2.58. The summed E-state index contributed by atoms with van der Waals surface area (Å²) in [6.45, 7) is 4.31. The summed E-state index contributed by atoms with van der Waals surface area (Å²) in [5.74, 6) is 0. The predicted octanol–water partition coefficient (Wildman–Crippen LogP) is 1.79. The molecule has 1 atom stereocenters. The lowest BCUT2D eigenvalue weighted by atomic mass is 10.1. The number of nitrogens with one attached hydrogen (secondary N) is 1. The van der Waals surface area contributed by atoms with Crippen molar-refractivity contribution in [1.82, 2.24) is 10.3 Å². The van der Waals surface area contributed by atoms with Crippen LogP contribution in [0, 0.1) is 0 Å². The maximum Gasteiger partial charge on any atom is 0.0419 e. The molecule has 2 heteroatoms. The molecule has 2 nitrogen and oxygen atoms in total. The number of likely N-dealkylation sites (N-methyl/N-ethyl adjacent to an activating group) is 1. The summed E-state index contributed by atoms with van der Waals surface area (Å²) < 4.78 is 0. The number of aryl methyl sites for hydroxylation is 1. The fourth-order valence-corrected chi connectivity index (χ4v) is 1.20. The van der Waals surface area contributed by atoms with Crippen LogP contribution in [0.25, 0.3) is 0 Å². The Morgan fingerprint density at radius 3 is 2.69 bits per heavy atom. The van der Waals surface area contributed by atoms with Gasteiger partial charge in [0, 0.05) is 24.4 Å². The van der Waals surface area contributed by atoms with Crippen LogP contribution in [-0.2, 0) is 12.8 Å². The van der Waals surface area contributed by atoms with Gasteiger partial charge in [-0.15, -0.1) is 0 Å². The Morgan fingerprint density at radius 1 is 1.46 bits per heavy atom. The molecular weight excluding hydrogens is 160 g/mol. The lowest BCUT2D eigenvalue weighted by molar-refractivity contribution is 0.600. The van der Waals surface area contributed by atoms with Crippen LogP contribution >= 0.6 is 0 Å². The van der Waals surface area contributed by atoms with Crippen LogP contribution in [0.15, 0.2) is 18.3 Å². The van der Waals surface area contributed by atoms with Crippen molar-refractivity contribution in [1.29, 1.82) is 0 Å². The zero-order chi connectivity index (χ0) is 9.68. The van der Waals surface area contributed by atoms with Crippen LogP contribution in [0.5, 0.6) is 0 Å². The number of rotatable bonds is 4. The van der Waals surface area contributed by atoms with Gasteiger partial charge in [-0.25, -0.2) is 0 Å². The Bertz CT molecular complexity index is 241. The van der Waals surface area contributed by atoms with E-state index in [-0.39, 0.29) is 0 Å². The van der Waals surface area contributed by atoms with E-state index in [0.717, 1.165) is 12.8 Å². The monoisotopic (exact) mass is 178 g/mol. The molecule has 0 aliphatic carbocycles. The van der Waals surface area contributed by atoms with Crippen molar-refractivity contribution < 1.29 is 0 Å². The van der Waals surface area contributed by atoms with Crippen LogP contribution in [0.2, 0.25) is 0 Å². The van der Waals surface area contributed by atoms with Gasteiger partial charge >= 0.3 is 0 Å². The van der Waals surface area contributed by atoms with E-state index < -0.39 is 0 Å². The van der Waals surface area contributed by atoms with Crippen molar-refractivity contribution in [3.8, 4) is 0 Å². The number of hydrogen-bond acceptors (Lipinski definition) is 2. The second-order valence-corrected chi connectivity index (χ2v) is 3.41. The second kappa shape index (κ2) is 4.97. The van der Waals surface area contributed by atoms with Crippen molar-refractivity contribution in [3.05, 3.63) is 29.6 Å². The zero-order valence-electron chi connectivity index (χ0n) is 8.67. The van der Waals surface area contributed by atoms with E-state index in [4.69, 9.17) is 0 Å². The van der Waals surface area contributed by atoms with E-state index in [9.17, 15) is 0 Å². The molecule has 0 spiro atoms. The summed E-state index contributed by atoms with van der Waals surface area (Å²) in [4.78, 5) is 4.40. The standard InChI is InChI=1S/C11H18N2/c1-4-10-5-6-11(13-8-10)7-9(2)12-3/h5-6,8-9,12H,4,7H2,1-3H3. The number of hydrogen-bond donors (Lipinski definition) is 1. The highest BCUT2D eigenvalue weighted by atomic mass is 14.9. The molecule has 0 radical (unpaired) electrons. The molecule has 1 rings (SSSR count). The third-order valence-corrected chi connectivity index (χ3v) is 2.30. The molecule has 0 aliphatic rings. The number of aromatic nitrogens is 1. The Kier molecular flexibility index (Phi) is 3.90. The molecule has 13 heavy (non-hydrogen) atoms. The topological polar surface area (TPSA) is 24.9 Å². The summed E-state index contributed by atoms with van der Waals surface area (Å²) >= 11 is 0. The van der Waals surface area contributed by atoms with E-state index in [1.54, 1.807) is 0 Å². The highest BCUT2D eigenvalue weighted by Gasteiger charge is 2.00. The average Bonchev–Trinajstić information content (AvgIpc) is 2.19. The molecule has 1 aromatic rings. The molecule has 0 aromatic carbocycles. The van der Waals surface area contributed by atoms with Crippen molar-refractivity contribution in [2.75, 3.05) is 7.05 Å². The summed E-state index contributed by atoms with van der Waals surface area (Å²) in [6, 6.07) is 4.78. The van der Waals surface area contributed by atoms with Gasteiger partial charge in [0.05, 0.1) is 0 Å². The van der Waals surface area contributed by atoms with Gasteiger partial charge in [0.2, 0.25) is 0 Å². The third kappa shape index (κ3) is 3.15. The van der Waals surface area contributed by atoms with Gasteiger partial charge in [0.15, 0.2) is 0 Å². The molecule has 1 unspecified atom stereocenters. The van der Waals surface area contributed by atoms with Crippen molar-refractivity contribution >= 4 is 0 Å². The van der Waals surface area contributed by atoms with Crippen molar-refractivity contribution in [3.63, 3.8) is 0 Å². The fourth-order valence-electron chi connectivity index (χ4n) is 1.20. The van der Waals surface area contributed by atoms with E-state index in [1.807, 2.05) is 13.2 Å². The number of pyridine rings is 1. The van der Waals surface area contributed by atoms with Crippen molar-refractivity contribution in [2.45, 2.75) is 32.7 Å². The summed E-state index contributed by atoms with van der Waals surface area (Å²) in [7, 11) is 1.98. The van der Waals surface area contributed by atoms with Crippen LogP contribution in [0.4, 0.5) is 0 Å². The average molecular weight is 178 g/mol. The summed E-state index contributed by atoms with van der Waals surface area (Å²) in [6.07, 6.45) is 4.03. The lowest BCUT2D eigenvalue weighted by Gasteiger charge is -2.09. The minimum Gasteiger partial charge on any atom is -0.317 e. The molecule has 1 aromatic heterocycles. The largest absolute Gasteiger partial charge is 0.317 e. The molecule has 0 amide bonds. The fraction of sp³-hybridized carbons (Fsp3) is 0.545. The SMILES string of the molecule is CCc1ccc(CC(C)NC)nc1. The Morgan fingerprint density at radius 2 is 2.23 bits per heavy atom. The molecule has 0 saturated heterocycles. The number of nitrogens with zero attached hydrogens (tertiary/aromatic N) is 1. The first-order valence-electron chi connectivity index (χ1n) is 4.87. The summed E-state index contributed by atoms with van der Waals surface area (Å²) in [5.41, 5.74) is 2.47. The molecule has 0 fully saturated rings. The Labute approximate surface area is 80.4 Å². The maximum absolute atomic E-state index is 4.40. The maximum atomic E-state index is 4.40. The van der Waals surface area contributed by atoms with E-state index in [2.05, 4.69) is 36.3 Å². The first kappa shape index (κ1) is 10.2. The highest BCUT2D eigenvalue weighted by molar-refractivity contribution is 5.14. The van der Waals surface area contributed by atoms with E-state index >= 15 is 0 Å². The minimum absolute atomic E-state index is 0.500. The van der Waals surface area contributed by atoms with Crippen LogP contribution in [0.1, 0.15) is 25.1 Å². The molecular formula is C11H18N2. The predicted molar refractivity (Wildman–Crippen MR) is 55.8 cm³/mol. The van der Waals surface area contributed by atoms with E-state index in [0.29, 0.717) is 6.04 Å². The summed E-state index contributed by atoms with van der Waals surface area (Å²) in [5, 5.41) is 3.20. The molecule has 72 valence electrons. The lowest BCUT2D eigenvalue weighted by Crippen LogP contribution is -2.23. The minimum atomic E-state index is 0.500. The normalized spacial score (nSPS) is 12.8. The molecule has 1 heterocycles. The first-order chi connectivity index (χ1) is 6.26. The third-order valence-electron chi connectivity index (χ3n) is 2.30. The molecule has 0 bridgehead atoms. The highest BCUT2D eigenvalue weighted by Crippen LogP contribution is 2.03. The molecule has 0 saturated carbocycles. The van der Waals surface area contributed by atoms with Gasteiger partial charge < -0.3 is 5.32 Å². The van der Waals surface area contributed by atoms with Gasteiger partial charge in [-0.05, 0) is 32.0 Å². The van der Waals surface area contributed by atoms with Gasteiger partial charge in [-0.1, -0.05) is 13.0 Å². The van der Waals surface area contributed by atoms with Crippen LogP contribution in [0.3, 0.4) is 0 Å². The molecule has 1 N–H and O–H groups in total. The van der Waals surface area contributed by atoms with Crippen molar-refractivity contribution in [2.24, 2.45) is 0 Å². The molecule has 0 aliphatic heterocycles. The van der Waals surface area contributed by atoms with Crippen LogP contribution < -0.4 is 5.32 Å². The smallest absolute Gasteiger partial charge is 0.0419 e. The Hall–Kier alpha value is -0.890. The first-order valence-corrected chi connectivity index (χ1v) is 4.87. The zero-order valence-corrected chi connectivity index (χ0v) is 8.67. The van der Waals surface area contributed by atoms with E-state index in [1.165, 1.54) is 11.3 Å². The quantitative estimate of drug-likeness (QED) is 0.760. The van der Waals surface area contributed by atoms with Crippen LogP contribution in [-0.4, -0.2) is 18.1 Å². The van der Waals surface area contributed by atoms with Gasteiger partial charge in [-0.2, -0.15) is 0 Å².